The molecule has 7 heteroatoms. The second-order valence-electron chi connectivity index (χ2n) is 7.34. The molecule has 0 aromatic heterocycles. The highest BCUT2D eigenvalue weighted by Crippen LogP contribution is 2.49. The Morgan fingerprint density at radius 3 is 2.39 bits per heavy atom. The van der Waals surface area contributed by atoms with E-state index >= 15 is 0 Å². The second-order valence-corrected chi connectivity index (χ2v) is 11.1. The summed E-state index contributed by atoms with van der Waals surface area (Å²) in [5, 5.41) is 10.2. The minimum atomic E-state index is -1.05. The first-order chi connectivity index (χ1) is 15.0. The van der Waals surface area contributed by atoms with Crippen LogP contribution < -0.4 is 4.90 Å². The highest BCUT2D eigenvalue weighted by atomic mass is 35.5. The van der Waals surface area contributed by atoms with Gasteiger partial charge in [-0.1, -0.05) is 85.9 Å². The highest BCUT2D eigenvalue weighted by molar-refractivity contribution is 8.49. The number of anilines is 2. The number of aromatic carboxylic acids is 1. The lowest BCUT2D eigenvalue weighted by Crippen LogP contribution is -2.19. The lowest BCUT2D eigenvalue weighted by molar-refractivity contribution is 0.0697. The molecule has 0 radical (unpaired) electrons. The third-order valence-corrected chi connectivity index (χ3v) is 8.35. The zero-order valence-electron chi connectivity index (χ0n) is 16.8. The number of carboxylic acid groups (broad SMARTS) is 1. The van der Waals surface area contributed by atoms with Crippen LogP contribution in [0.1, 0.15) is 29.6 Å². The summed E-state index contributed by atoms with van der Waals surface area (Å²) in [4.78, 5) is 14.9. The Hall–Kier alpha value is -1.71. The van der Waals surface area contributed by atoms with Gasteiger partial charge in [-0.3, -0.25) is 0 Å². The number of rotatable bonds is 3. The number of carboxylic acids is 1. The molecule has 0 bridgehead atoms. The van der Waals surface area contributed by atoms with Gasteiger partial charge in [-0.25, -0.2) is 4.79 Å². The maximum absolute atomic E-state index is 11.4. The third kappa shape index (κ3) is 5.56. The van der Waals surface area contributed by atoms with E-state index in [1.165, 1.54) is 19.3 Å². The lowest BCUT2D eigenvalue weighted by Gasteiger charge is -2.25. The van der Waals surface area contributed by atoms with Crippen molar-refractivity contribution in [3.8, 4) is 11.1 Å². The van der Waals surface area contributed by atoms with Gasteiger partial charge in [-0.05, 0) is 48.1 Å². The smallest absolute Gasteiger partial charge is 0.337 e. The minimum absolute atomic E-state index is 0.0746. The summed E-state index contributed by atoms with van der Waals surface area (Å²) in [5.74, 6) is -1.05. The topological polar surface area (TPSA) is 40.5 Å². The van der Waals surface area contributed by atoms with Gasteiger partial charge in [0.2, 0.25) is 0 Å². The average molecular weight is 490 g/mol. The quantitative estimate of drug-likeness (QED) is 0.375. The van der Waals surface area contributed by atoms with Crippen molar-refractivity contribution in [1.82, 2.24) is 0 Å². The van der Waals surface area contributed by atoms with Crippen LogP contribution >= 0.6 is 42.4 Å². The van der Waals surface area contributed by atoms with Gasteiger partial charge in [0.1, 0.15) is 0 Å². The molecule has 0 spiro atoms. The Kier molecular flexibility index (Phi) is 7.45. The predicted octanol–water partition coefficient (Wildman–Crippen LogP) is 8.37. The molecule has 1 atom stereocenters. The van der Waals surface area contributed by atoms with Crippen molar-refractivity contribution in [2.75, 3.05) is 17.6 Å². The van der Waals surface area contributed by atoms with E-state index in [0.29, 0.717) is 5.02 Å². The van der Waals surface area contributed by atoms with E-state index in [4.69, 9.17) is 23.2 Å². The van der Waals surface area contributed by atoms with Crippen LogP contribution in [-0.2, 0) is 0 Å². The summed E-state index contributed by atoms with van der Waals surface area (Å²) in [6, 6.07) is 19.3. The van der Waals surface area contributed by atoms with Gasteiger partial charge < -0.3 is 10.0 Å². The third-order valence-electron chi connectivity index (χ3n) is 4.89. The van der Waals surface area contributed by atoms with Gasteiger partial charge >= 0.3 is 5.97 Å². The number of benzene rings is 3. The van der Waals surface area contributed by atoms with Crippen LogP contribution in [0.4, 0.5) is 11.4 Å². The normalized spacial score (nSPS) is 15.5. The molecule has 31 heavy (non-hydrogen) atoms. The summed E-state index contributed by atoms with van der Waals surface area (Å²) in [6.45, 7) is 0.933. The Morgan fingerprint density at radius 2 is 1.71 bits per heavy atom. The van der Waals surface area contributed by atoms with E-state index in [1.54, 1.807) is 18.2 Å². The van der Waals surface area contributed by atoms with Crippen LogP contribution in [0.3, 0.4) is 0 Å². The number of fused-ring (bicyclic) bond motifs is 1. The van der Waals surface area contributed by atoms with Crippen molar-refractivity contribution in [2.45, 2.75) is 24.2 Å². The van der Waals surface area contributed by atoms with E-state index in [1.807, 2.05) is 35.6 Å². The van der Waals surface area contributed by atoms with Crippen LogP contribution in [0, 0.1) is 0 Å². The molecule has 0 amide bonds. The first-order valence-corrected chi connectivity index (χ1v) is 13.6. The molecule has 3 aromatic carbocycles. The Balaban J connectivity index is 0.000000710. The second kappa shape index (κ2) is 10.3. The molecule has 3 nitrogen and oxygen atoms in total. The SMILES string of the molecule is C1CC1.O=C(O)c1cc(-c2cc3c(cc2Cl)N(c2ccccc2)CCPS3)ccc1Cl. The maximum Gasteiger partial charge on any atom is 0.337 e. The first kappa shape index (κ1) is 22.5. The van der Waals surface area contributed by atoms with Crippen LogP contribution in [-0.4, -0.2) is 23.8 Å². The summed E-state index contributed by atoms with van der Waals surface area (Å²) in [5.41, 5.74) is 3.85. The molecule has 1 aliphatic carbocycles. The van der Waals surface area contributed by atoms with Crippen molar-refractivity contribution in [3.63, 3.8) is 0 Å². The van der Waals surface area contributed by atoms with Gasteiger partial charge in [-0.2, -0.15) is 0 Å². The number of halogens is 2. The van der Waals surface area contributed by atoms with Gasteiger partial charge in [-0.15, -0.1) is 0 Å². The Labute approximate surface area is 198 Å². The Morgan fingerprint density at radius 1 is 0.968 bits per heavy atom. The fraction of sp³-hybridized carbons (Fsp3) is 0.208. The highest BCUT2D eigenvalue weighted by Gasteiger charge is 2.21. The maximum atomic E-state index is 11.4. The molecule has 5 rings (SSSR count). The summed E-state index contributed by atoms with van der Waals surface area (Å²) < 4.78 is 0. The molecule has 3 aromatic rings. The zero-order valence-corrected chi connectivity index (χ0v) is 20.1. The van der Waals surface area contributed by atoms with Gasteiger partial charge in [0.05, 0.1) is 21.3 Å². The van der Waals surface area contributed by atoms with Crippen molar-refractivity contribution in [2.24, 2.45) is 0 Å². The van der Waals surface area contributed by atoms with E-state index in [9.17, 15) is 9.90 Å². The van der Waals surface area contributed by atoms with Crippen LogP contribution in [0.15, 0.2) is 65.6 Å². The fourth-order valence-corrected chi connectivity index (χ4v) is 6.22. The van der Waals surface area contributed by atoms with Gasteiger partial charge in [0.25, 0.3) is 0 Å². The molecule has 1 heterocycles. The summed E-state index contributed by atoms with van der Waals surface area (Å²) >= 11 is 14.5. The standard InChI is InChI=1S/C21H16Cl2NO2PS.C3H6/c22-17-7-6-13(10-16(17)21(25)26)15-11-20-19(12-18(15)23)24(8-9-27-28-20)14-4-2-1-3-5-14;1-2-3-1/h1-7,10-12,27H,8-9H2,(H,25,26);1-3H2. The average Bonchev–Trinajstić information content (AvgIpc) is 3.65. The first-order valence-electron chi connectivity index (χ1n) is 10.1. The van der Waals surface area contributed by atoms with Gasteiger partial charge in [0, 0.05) is 22.7 Å². The molecule has 0 saturated heterocycles. The summed E-state index contributed by atoms with van der Waals surface area (Å²) in [7, 11) is 0.752. The molecule has 1 unspecified atom stereocenters. The van der Waals surface area contributed by atoms with E-state index in [-0.39, 0.29) is 10.6 Å². The zero-order chi connectivity index (χ0) is 21.8. The van der Waals surface area contributed by atoms with Gasteiger partial charge in [0.15, 0.2) is 0 Å². The van der Waals surface area contributed by atoms with E-state index in [0.717, 1.165) is 47.9 Å². The Bertz CT molecular complexity index is 1090. The number of nitrogens with zero attached hydrogens (tertiary/aromatic N) is 1. The molecular weight excluding hydrogens is 468 g/mol. The number of hydrogen-bond donors (Lipinski definition) is 1. The summed E-state index contributed by atoms with van der Waals surface area (Å²) in [6.07, 6.45) is 5.59. The molecule has 1 aliphatic heterocycles. The van der Waals surface area contributed by atoms with E-state index in [2.05, 4.69) is 23.1 Å². The molecule has 1 saturated carbocycles. The molecule has 160 valence electrons. The predicted molar refractivity (Wildman–Crippen MR) is 135 cm³/mol. The largest absolute Gasteiger partial charge is 0.478 e. The minimum Gasteiger partial charge on any atom is -0.478 e. The lowest BCUT2D eigenvalue weighted by atomic mass is 10.0. The molecule has 1 fully saturated rings. The fourth-order valence-electron chi connectivity index (χ4n) is 3.20. The van der Waals surface area contributed by atoms with Crippen LogP contribution in [0.5, 0.6) is 0 Å². The monoisotopic (exact) mass is 489 g/mol. The number of para-hydroxylation sites is 1. The molecular formula is C24H22Cl2NO2PS. The van der Waals surface area contributed by atoms with Crippen molar-refractivity contribution < 1.29 is 9.90 Å². The van der Waals surface area contributed by atoms with Crippen molar-refractivity contribution >= 4 is 59.7 Å². The molecule has 1 N–H and O–H groups in total. The van der Waals surface area contributed by atoms with E-state index < -0.39 is 5.97 Å². The molecule has 2 aliphatic rings. The van der Waals surface area contributed by atoms with Crippen LogP contribution in [0.25, 0.3) is 11.1 Å². The van der Waals surface area contributed by atoms with Crippen molar-refractivity contribution in [1.29, 1.82) is 0 Å². The van der Waals surface area contributed by atoms with Crippen molar-refractivity contribution in [3.05, 3.63) is 76.3 Å². The number of hydrogen-bond acceptors (Lipinski definition) is 3. The van der Waals surface area contributed by atoms with Crippen LogP contribution in [0.2, 0.25) is 10.0 Å². The number of carbonyl (C=O) groups is 1.